The van der Waals surface area contributed by atoms with Gasteiger partial charge in [-0.25, -0.2) is 0 Å². The third kappa shape index (κ3) is 0.834. The molecule has 0 aromatic carbocycles. The van der Waals surface area contributed by atoms with Crippen LogP contribution in [0.25, 0.3) is 0 Å². The van der Waals surface area contributed by atoms with Gasteiger partial charge in [0.25, 0.3) is 0 Å². The van der Waals surface area contributed by atoms with E-state index >= 15 is 0 Å². The maximum atomic E-state index is 2.77. The van der Waals surface area contributed by atoms with Crippen LogP contribution in [-0.2, 0) is 0 Å². The van der Waals surface area contributed by atoms with E-state index < -0.39 is 0 Å². The Morgan fingerprint density at radius 2 is 2.08 bits per heavy atom. The minimum absolute atomic E-state index is 1.01. The highest BCUT2D eigenvalue weighted by atomic mass is 15.2. The second kappa shape index (κ2) is 2.47. The summed E-state index contributed by atoms with van der Waals surface area (Å²) in [5, 5.41) is 0. The Kier molecular flexibility index (Phi) is 1.52. The summed E-state index contributed by atoms with van der Waals surface area (Å²) in [6.45, 7) is 5.33. The summed E-state index contributed by atoms with van der Waals surface area (Å²) in [6.07, 6.45) is 6.02. The van der Waals surface area contributed by atoms with Gasteiger partial charge in [-0.15, -0.1) is 0 Å². The molecule has 2 saturated heterocycles. The van der Waals surface area contributed by atoms with E-state index in [9.17, 15) is 0 Å². The molecule has 3 aliphatic rings. The highest BCUT2D eigenvalue weighted by molar-refractivity contribution is 5.01. The SMILES string of the molecule is CC1CCC2CN3CCCC3C12. The van der Waals surface area contributed by atoms with E-state index in [1.165, 1.54) is 38.8 Å². The highest BCUT2D eigenvalue weighted by Gasteiger charge is 2.48. The smallest absolute Gasteiger partial charge is 0.0130 e. The summed E-state index contributed by atoms with van der Waals surface area (Å²) >= 11 is 0. The van der Waals surface area contributed by atoms with Crippen LogP contribution in [0.3, 0.4) is 0 Å². The molecule has 12 heavy (non-hydrogen) atoms. The number of nitrogens with zero attached hydrogens (tertiary/aromatic N) is 1. The van der Waals surface area contributed by atoms with E-state index in [0.29, 0.717) is 0 Å². The molecule has 0 radical (unpaired) electrons. The van der Waals surface area contributed by atoms with Crippen LogP contribution in [0.1, 0.15) is 32.6 Å². The molecule has 3 fully saturated rings. The van der Waals surface area contributed by atoms with Gasteiger partial charge in [0.05, 0.1) is 0 Å². The van der Waals surface area contributed by atoms with Crippen LogP contribution < -0.4 is 0 Å². The molecule has 0 bridgehead atoms. The molecular formula is C11H19N. The van der Waals surface area contributed by atoms with Gasteiger partial charge < -0.3 is 0 Å². The van der Waals surface area contributed by atoms with Crippen LogP contribution in [-0.4, -0.2) is 24.0 Å². The molecule has 4 atom stereocenters. The molecule has 1 heteroatoms. The molecule has 68 valence electrons. The lowest BCUT2D eigenvalue weighted by Gasteiger charge is -2.22. The second-order valence-corrected chi connectivity index (χ2v) is 5.10. The first-order chi connectivity index (χ1) is 5.86. The quantitative estimate of drug-likeness (QED) is 0.531. The van der Waals surface area contributed by atoms with Crippen molar-refractivity contribution in [3.63, 3.8) is 0 Å². The first-order valence-electron chi connectivity index (χ1n) is 5.60. The molecule has 1 saturated carbocycles. The summed E-state index contributed by atoms with van der Waals surface area (Å²) in [6, 6.07) is 1.01. The Labute approximate surface area is 75.1 Å². The molecule has 2 aliphatic heterocycles. The average Bonchev–Trinajstić information content (AvgIpc) is 2.61. The Balaban J connectivity index is 1.85. The Morgan fingerprint density at radius 3 is 3.00 bits per heavy atom. The minimum Gasteiger partial charge on any atom is -0.300 e. The van der Waals surface area contributed by atoms with Crippen molar-refractivity contribution in [3.05, 3.63) is 0 Å². The van der Waals surface area contributed by atoms with Gasteiger partial charge in [-0.2, -0.15) is 0 Å². The van der Waals surface area contributed by atoms with Gasteiger partial charge in [-0.1, -0.05) is 13.3 Å². The molecule has 0 aromatic rings. The van der Waals surface area contributed by atoms with Crippen LogP contribution in [0.15, 0.2) is 0 Å². The highest BCUT2D eigenvalue weighted by Crippen LogP contribution is 2.48. The van der Waals surface area contributed by atoms with Crippen molar-refractivity contribution in [1.82, 2.24) is 4.90 Å². The Hall–Kier alpha value is -0.0400. The van der Waals surface area contributed by atoms with Gasteiger partial charge in [0, 0.05) is 12.6 Å². The van der Waals surface area contributed by atoms with Crippen LogP contribution in [0, 0.1) is 17.8 Å². The van der Waals surface area contributed by atoms with E-state index in [2.05, 4.69) is 11.8 Å². The zero-order valence-corrected chi connectivity index (χ0v) is 8.00. The van der Waals surface area contributed by atoms with Crippen LogP contribution in [0.2, 0.25) is 0 Å². The molecule has 2 heterocycles. The van der Waals surface area contributed by atoms with Crippen LogP contribution in [0.4, 0.5) is 0 Å². The third-order valence-corrected chi connectivity index (χ3v) is 4.52. The maximum Gasteiger partial charge on any atom is 0.0130 e. The lowest BCUT2D eigenvalue weighted by atomic mass is 9.86. The van der Waals surface area contributed by atoms with Gasteiger partial charge in [-0.3, -0.25) is 4.90 Å². The van der Waals surface area contributed by atoms with Gasteiger partial charge in [0.1, 0.15) is 0 Å². The maximum absolute atomic E-state index is 2.77. The minimum atomic E-state index is 1.01. The monoisotopic (exact) mass is 165 g/mol. The fraction of sp³-hybridized carbons (Fsp3) is 1.00. The molecule has 4 unspecified atom stereocenters. The first kappa shape index (κ1) is 7.37. The number of rotatable bonds is 0. The standard InChI is InChI=1S/C11H19N/c1-8-4-5-9-7-12-6-2-3-10(12)11(8)9/h8-11H,2-7H2,1H3. The van der Waals surface area contributed by atoms with E-state index in [1.807, 2.05) is 0 Å². The summed E-state index contributed by atoms with van der Waals surface area (Å²) in [5.74, 6) is 3.21. The van der Waals surface area contributed by atoms with Crippen molar-refractivity contribution >= 4 is 0 Å². The number of hydrogen-bond acceptors (Lipinski definition) is 1. The summed E-state index contributed by atoms with van der Waals surface area (Å²) in [4.78, 5) is 2.77. The number of fused-ring (bicyclic) bond motifs is 3. The van der Waals surface area contributed by atoms with Gasteiger partial charge in [0.15, 0.2) is 0 Å². The normalized spacial score (nSPS) is 52.8. The van der Waals surface area contributed by atoms with Crippen molar-refractivity contribution in [2.24, 2.45) is 17.8 Å². The topological polar surface area (TPSA) is 3.24 Å². The summed E-state index contributed by atoms with van der Waals surface area (Å²) < 4.78 is 0. The van der Waals surface area contributed by atoms with Crippen molar-refractivity contribution < 1.29 is 0 Å². The van der Waals surface area contributed by atoms with Gasteiger partial charge >= 0.3 is 0 Å². The molecule has 1 nitrogen and oxygen atoms in total. The summed E-state index contributed by atoms with van der Waals surface area (Å²) in [5.41, 5.74) is 0. The van der Waals surface area contributed by atoms with E-state index in [4.69, 9.17) is 0 Å². The zero-order chi connectivity index (χ0) is 8.13. The lowest BCUT2D eigenvalue weighted by Crippen LogP contribution is -2.28. The van der Waals surface area contributed by atoms with E-state index in [1.54, 1.807) is 0 Å². The molecule has 0 N–H and O–H groups in total. The molecule has 3 rings (SSSR count). The number of hydrogen-bond donors (Lipinski definition) is 0. The zero-order valence-electron chi connectivity index (χ0n) is 8.00. The summed E-state index contributed by atoms with van der Waals surface area (Å²) in [7, 11) is 0. The average molecular weight is 165 g/mol. The van der Waals surface area contributed by atoms with Crippen molar-refractivity contribution in [1.29, 1.82) is 0 Å². The third-order valence-electron chi connectivity index (χ3n) is 4.52. The predicted molar refractivity (Wildman–Crippen MR) is 50.0 cm³/mol. The first-order valence-corrected chi connectivity index (χ1v) is 5.60. The van der Waals surface area contributed by atoms with Crippen molar-refractivity contribution in [2.45, 2.75) is 38.6 Å². The van der Waals surface area contributed by atoms with E-state index in [-0.39, 0.29) is 0 Å². The molecule has 0 aromatic heterocycles. The van der Waals surface area contributed by atoms with Crippen molar-refractivity contribution in [2.75, 3.05) is 13.1 Å². The lowest BCUT2D eigenvalue weighted by molar-refractivity contribution is 0.253. The van der Waals surface area contributed by atoms with E-state index in [0.717, 1.165) is 23.8 Å². The van der Waals surface area contributed by atoms with Crippen molar-refractivity contribution in [3.8, 4) is 0 Å². The van der Waals surface area contributed by atoms with Gasteiger partial charge in [0.2, 0.25) is 0 Å². The predicted octanol–water partition coefficient (Wildman–Crippen LogP) is 2.13. The van der Waals surface area contributed by atoms with Crippen LogP contribution >= 0.6 is 0 Å². The largest absolute Gasteiger partial charge is 0.300 e. The molecule has 0 amide bonds. The second-order valence-electron chi connectivity index (χ2n) is 5.10. The molecular weight excluding hydrogens is 146 g/mol. The Bertz CT molecular complexity index is 189. The van der Waals surface area contributed by atoms with Crippen LogP contribution in [0.5, 0.6) is 0 Å². The fourth-order valence-electron chi connectivity index (χ4n) is 4.05. The fourth-order valence-corrected chi connectivity index (χ4v) is 4.05. The molecule has 1 aliphatic carbocycles. The Morgan fingerprint density at radius 1 is 1.17 bits per heavy atom. The molecule has 0 spiro atoms. The van der Waals surface area contributed by atoms with Gasteiger partial charge in [-0.05, 0) is 43.6 Å².